The standard InChI is InChI=1S/C22H27N5/c1-15(2)19-8-6-7-9-20(19)25-21-14-16(3)23-22(26-21)24-17-10-12-18(13-11-17)27(4)5/h6-15H,1-5H3,(H2,23,24,25,26). The van der Waals surface area contributed by atoms with Crippen LogP contribution in [0, 0.1) is 6.92 Å². The first kappa shape index (κ1) is 18.7. The highest BCUT2D eigenvalue weighted by Crippen LogP contribution is 2.27. The number of rotatable bonds is 6. The molecule has 1 aromatic heterocycles. The van der Waals surface area contributed by atoms with Gasteiger partial charge in [-0.1, -0.05) is 32.0 Å². The summed E-state index contributed by atoms with van der Waals surface area (Å²) in [7, 11) is 4.05. The van der Waals surface area contributed by atoms with Gasteiger partial charge in [-0.3, -0.25) is 0 Å². The first-order chi connectivity index (χ1) is 12.9. The van der Waals surface area contributed by atoms with Crippen LogP contribution in [0.15, 0.2) is 54.6 Å². The number of aryl methyl sites for hydroxylation is 1. The summed E-state index contributed by atoms with van der Waals surface area (Å²) in [6.07, 6.45) is 0. The third kappa shape index (κ3) is 4.76. The van der Waals surface area contributed by atoms with Crippen molar-refractivity contribution in [3.63, 3.8) is 0 Å². The number of aromatic nitrogens is 2. The molecule has 0 atom stereocenters. The second kappa shape index (κ2) is 8.08. The van der Waals surface area contributed by atoms with Gasteiger partial charge in [0.25, 0.3) is 0 Å². The van der Waals surface area contributed by atoms with E-state index in [1.165, 1.54) is 5.56 Å². The molecule has 0 aliphatic carbocycles. The van der Waals surface area contributed by atoms with E-state index in [1.54, 1.807) is 0 Å². The van der Waals surface area contributed by atoms with Crippen molar-refractivity contribution in [1.29, 1.82) is 0 Å². The molecule has 2 N–H and O–H groups in total. The maximum absolute atomic E-state index is 4.64. The smallest absolute Gasteiger partial charge is 0.229 e. The van der Waals surface area contributed by atoms with Crippen LogP contribution in [0.25, 0.3) is 0 Å². The molecular formula is C22H27N5. The number of anilines is 5. The number of hydrogen-bond acceptors (Lipinski definition) is 5. The van der Waals surface area contributed by atoms with Crippen LogP contribution < -0.4 is 15.5 Å². The zero-order valence-electron chi connectivity index (χ0n) is 16.6. The van der Waals surface area contributed by atoms with Crippen LogP contribution in [-0.4, -0.2) is 24.1 Å². The van der Waals surface area contributed by atoms with Crippen LogP contribution in [0.1, 0.15) is 31.0 Å². The Morgan fingerprint density at radius 1 is 0.889 bits per heavy atom. The van der Waals surface area contributed by atoms with Gasteiger partial charge in [0.05, 0.1) is 0 Å². The second-order valence-electron chi connectivity index (χ2n) is 7.15. The second-order valence-corrected chi connectivity index (χ2v) is 7.15. The first-order valence-electron chi connectivity index (χ1n) is 9.18. The molecule has 0 aliphatic heterocycles. The lowest BCUT2D eigenvalue weighted by Crippen LogP contribution is -2.08. The predicted molar refractivity (Wildman–Crippen MR) is 115 cm³/mol. The molecule has 0 saturated carbocycles. The van der Waals surface area contributed by atoms with Crippen molar-refractivity contribution < 1.29 is 0 Å². The van der Waals surface area contributed by atoms with Gasteiger partial charge in [-0.15, -0.1) is 0 Å². The van der Waals surface area contributed by atoms with Gasteiger partial charge in [-0.25, -0.2) is 4.98 Å². The zero-order chi connectivity index (χ0) is 19.4. The lowest BCUT2D eigenvalue weighted by atomic mass is 10.0. The topological polar surface area (TPSA) is 53.1 Å². The molecule has 0 amide bonds. The van der Waals surface area contributed by atoms with Gasteiger partial charge in [-0.05, 0) is 48.7 Å². The Labute approximate surface area is 161 Å². The highest BCUT2D eigenvalue weighted by Gasteiger charge is 2.08. The average Bonchev–Trinajstić information content (AvgIpc) is 2.62. The number of nitrogens with one attached hydrogen (secondary N) is 2. The summed E-state index contributed by atoms with van der Waals surface area (Å²) in [5.41, 5.74) is 5.36. The molecule has 5 heteroatoms. The Kier molecular flexibility index (Phi) is 5.60. The average molecular weight is 361 g/mol. The summed E-state index contributed by atoms with van der Waals surface area (Å²) >= 11 is 0. The molecule has 2 aromatic carbocycles. The summed E-state index contributed by atoms with van der Waals surface area (Å²) in [5.74, 6) is 1.80. The quantitative estimate of drug-likeness (QED) is 0.610. The molecule has 3 aromatic rings. The fourth-order valence-electron chi connectivity index (χ4n) is 2.91. The van der Waals surface area contributed by atoms with Crippen LogP contribution in [0.5, 0.6) is 0 Å². The van der Waals surface area contributed by atoms with Crippen molar-refractivity contribution in [1.82, 2.24) is 9.97 Å². The maximum atomic E-state index is 4.64. The van der Waals surface area contributed by atoms with Crippen LogP contribution >= 0.6 is 0 Å². The van der Waals surface area contributed by atoms with Crippen LogP contribution in [0.3, 0.4) is 0 Å². The zero-order valence-corrected chi connectivity index (χ0v) is 16.6. The fraction of sp³-hybridized carbons (Fsp3) is 0.273. The lowest BCUT2D eigenvalue weighted by molar-refractivity contribution is 0.869. The maximum Gasteiger partial charge on any atom is 0.229 e. The van der Waals surface area contributed by atoms with Gasteiger partial charge in [0.15, 0.2) is 0 Å². The van der Waals surface area contributed by atoms with Crippen molar-refractivity contribution in [2.45, 2.75) is 26.7 Å². The van der Waals surface area contributed by atoms with E-state index in [4.69, 9.17) is 0 Å². The molecular weight excluding hydrogens is 334 g/mol. The van der Waals surface area contributed by atoms with Crippen molar-refractivity contribution in [2.75, 3.05) is 29.6 Å². The molecule has 0 fully saturated rings. The van der Waals surface area contributed by atoms with Crippen molar-refractivity contribution in [3.05, 3.63) is 65.9 Å². The summed E-state index contributed by atoms with van der Waals surface area (Å²) in [4.78, 5) is 11.2. The summed E-state index contributed by atoms with van der Waals surface area (Å²) in [6.45, 7) is 6.35. The molecule has 0 bridgehead atoms. The monoisotopic (exact) mass is 361 g/mol. The van der Waals surface area contributed by atoms with E-state index in [0.29, 0.717) is 11.9 Å². The van der Waals surface area contributed by atoms with E-state index < -0.39 is 0 Å². The molecule has 0 saturated heterocycles. The van der Waals surface area contributed by atoms with Gasteiger partial charge < -0.3 is 15.5 Å². The highest BCUT2D eigenvalue weighted by atomic mass is 15.1. The number of nitrogens with zero attached hydrogens (tertiary/aromatic N) is 3. The third-order valence-electron chi connectivity index (χ3n) is 4.34. The molecule has 5 nitrogen and oxygen atoms in total. The molecule has 3 rings (SSSR count). The first-order valence-corrected chi connectivity index (χ1v) is 9.18. The SMILES string of the molecule is Cc1cc(Nc2ccccc2C(C)C)nc(Nc2ccc(N(C)C)cc2)n1. The van der Waals surface area contributed by atoms with Crippen LogP contribution in [-0.2, 0) is 0 Å². The lowest BCUT2D eigenvalue weighted by Gasteiger charge is -2.15. The number of benzene rings is 2. The molecule has 0 spiro atoms. The third-order valence-corrected chi connectivity index (χ3v) is 4.34. The minimum absolute atomic E-state index is 0.435. The van der Waals surface area contributed by atoms with E-state index in [9.17, 15) is 0 Å². The molecule has 140 valence electrons. The predicted octanol–water partition coefficient (Wildman–Crippen LogP) is 5.46. The van der Waals surface area contributed by atoms with E-state index >= 15 is 0 Å². The Morgan fingerprint density at radius 2 is 1.59 bits per heavy atom. The Balaban J connectivity index is 1.82. The molecule has 0 aliphatic rings. The largest absolute Gasteiger partial charge is 0.378 e. The summed E-state index contributed by atoms with van der Waals surface area (Å²) in [6, 6.07) is 18.5. The van der Waals surface area contributed by atoms with Gasteiger partial charge >= 0.3 is 0 Å². The minimum Gasteiger partial charge on any atom is -0.378 e. The number of para-hydroxylation sites is 1. The Hall–Kier alpha value is -3.08. The normalized spacial score (nSPS) is 10.7. The van der Waals surface area contributed by atoms with E-state index in [2.05, 4.69) is 69.7 Å². The van der Waals surface area contributed by atoms with Crippen molar-refractivity contribution in [2.24, 2.45) is 0 Å². The van der Waals surface area contributed by atoms with Gasteiger partial charge in [-0.2, -0.15) is 4.98 Å². The van der Waals surface area contributed by atoms with Crippen LogP contribution in [0.2, 0.25) is 0 Å². The Bertz CT molecular complexity index is 901. The molecule has 1 heterocycles. The van der Waals surface area contributed by atoms with Gasteiger partial charge in [0, 0.05) is 42.9 Å². The highest BCUT2D eigenvalue weighted by molar-refractivity contribution is 5.64. The van der Waals surface area contributed by atoms with E-state index in [1.807, 2.05) is 45.3 Å². The van der Waals surface area contributed by atoms with E-state index in [-0.39, 0.29) is 0 Å². The van der Waals surface area contributed by atoms with E-state index in [0.717, 1.165) is 28.6 Å². The van der Waals surface area contributed by atoms with Crippen LogP contribution in [0.4, 0.5) is 28.8 Å². The molecule has 27 heavy (non-hydrogen) atoms. The molecule has 0 unspecified atom stereocenters. The minimum atomic E-state index is 0.435. The Morgan fingerprint density at radius 3 is 2.26 bits per heavy atom. The van der Waals surface area contributed by atoms with Crippen molar-refractivity contribution >= 4 is 28.8 Å². The van der Waals surface area contributed by atoms with Crippen molar-refractivity contribution in [3.8, 4) is 0 Å². The van der Waals surface area contributed by atoms with Gasteiger partial charge in [0.2, 0.25) is 5.95 Å². The van der Waals surface area contributed by atoms with Gasteiger partial charge in [0.1, 0.15) is 5.82 Å². The fourth-order valence-corrected chi connectivity index (χ4v) is 2.91. The molecule has 0 radical (unpaired) electrons. The number of hydrogen-bond donors (Lipinski definition) is 2. The summed E-state index contributed by atoms with van der Waals surface area (Å²) in [5, 5.41) is 6.74. The summed E-state index contributed by atoms with van der Waals surface area (Å²) < 4.78 is 0.